The Morgan fingerprint density at radius 1 is 1.53 bits per heavy atom. The molecule has 0 radical (unpaired) electrons. The van der Waals surface area contributed by atoms with Crippen LogP contribution in [0.3, 0.4) is 0 Å². The number of halogens is 2. The van der Waals surface area contributed by atoms with Crippen molar-refractivity contribution >= 4 is 51.0 Å². The summed E-state index contributed by atoms with van der Waals surface area (Å²) in [6.45, 7) is 0. The van der Waals surface area contributed by atoms with E-state index in [1.807, 2.05) is 29.1 Å². The van der Waals surface area contributed by atoms with Gasteiger partial charge < -0.3 is 9.72 Å². The topological polar surface area (TPSA) is 55.7 Å². The molecule has 0 saturated carbocycles. The lowest BCUT2D eigenvalue weighted by molar-refractivity contribution is 0.400. The average molecular weight is 407 g/mol. The molecule has 0 aliphatic heterocycles. The van der Waals surface area contributed by atoms with E-state index < -0.39 is 0 Å². The van der Waals surface area contributed by atoms with Gasteiger partial charge in [-0.1, -0.05) is 11.6 Å². The zero-order valence-electron chi connectivity index (χ0n) is 9.82. The monoisotopic (exact) mass is 406 g/mol. The van der Waals surface area contributed by atoms with E-state index in [4.69, 9.17) is 16.3 Å². The van der Waals surface area contributed by atoms with Crippen LogP contribution in [-0.4, -0.2) is 26.6 Å². The molecule has 8 heteroatoms. The molecule has 0 spiro atoms. The molecule has 0 aliphatic carbocycles. The van der Waals surface area contributed by atoms with Crippen molar-refractivity contribution in [2.75, 3.05) is 7.11 Å². The third-order valence-corrected chi connectivity index (χ3v) is 4.92. The van der Waals surface area contributed by atoms with Gasteiger partial charge in [-0.25, -0.2) is 9.44 Å². The summed E-state index contributed by atoms with van der Waals surface area (Å²) in [4.78, 5) is 7.61. The molecule has 3 aromatic heterocycles. The number of ether oxygens (including phenoxy) is 1. The highest BCUT2D eigenvalue weighted by Gasteiger charge is 2.13. The fourth-order valence-electron chi connectivity index (χ4n) is 1.88. The summed E-state index contributed by atoms with van der Waals surface area (Å²) in [5.41, 5.74) is 3.72. The van der Waals surface area contributed by atoms with Gasteiger partial charge in [0, 0.05) is 23.5 Å². The summed E-state index contributed by atoms with van der Waals surface area (Å²) in [6.07, 6.45) is 6.31. The highest BCUT2D eigenvalue weighted by molar-refractivity contribution is 14.2. The normalized spacial score (nSPS) is 11.7. The number of hydrogen-bond donors (Lipinski definition) is 1. The number of rotatable bonds is 3. The lowest BCUT2D eigenvalue weighted by atomic mass is 10.1. The summed E-state index contributed by atoms with van der Waals surface area (Å²) in [5, 5.41) is 4.77. The van der Waals surface area contributed by atoms with Crippen LogP contribution in [0.4, 0.5) is 0 Å². The molecule has 5 nitrogen and oxygen atoms in total. The van der Waals surface area contributed by atoms with Gasteiger partial charge in [-0.2, -0.15) is 5.10 Å². The third-order valence-electron chi connectivity index (χ3n) is 2.74. The SMILES string of the molecule is COc1nc2c(-c3cnn(PI)c3)c[nH]c2cc1Cl. The molecule has 0 aliphatic rings. The number of nitrogens with zero attached hydrogens (tertiary/aromatic N) is 3. The van der Waals surface area contributed by atoms with Crippen LogP contribution in [0.1, 0.15) is 0 Å². The molecular weight excluding hydrogens is 397 g/mol. The minimum atomic E-state index is 0.429. The zero-order valence-corrected chi connectivity index (χ0v) is 13.7. The van der Waals surface area contributed by atoms with Crippen molar-refractivity contribution in [2.24, 2.45) is 0 Å². The predicted molar refractivity (Wildman–Crippen MR) is 86.6 cm³/mol. The molecule has 3 aromatic rings. The lowest BCUT2D eigenvalue weighted by Gasteiger charge is -2.02. The second kappa shape index (κ2) is 5.26. The second-order valence-corrected chi connectivity index (χ2v) is 6.32. The maximum Gasteiger partial charge on any atom is 0.233 e. The van der Waals surface area contributed by atoms with Crippen LogP contribution < -0.4 is 4.74 Å². The molecule has 0 saturated heterocycles. The Labute approximate surface area is 129 Å². The van der Waals surface area contributed by atoms with Gasteiger partial charge in [0.05, 0.1) is 30.7 Å². The van der Waals surface area contributed by atoms with E-state index in [1.165, 1.54) is 0 Å². The van der Waals surface area contributed by atoms with E-state index in [9.17, 15) is 0 Å². The first-order valence-corrected chi connectivity index (χ1v) is 9.80. The lowest BCUT2D eigenvalue weighted by Crippen LogP contribution is -1.89. The van der Waals surface area contributed by atoms with Crippen LogP contribution in [-0.2, 0) is 0 Å². The summed E-state index contributed by atoms with van der Waals surface area (Å²) in [5.74, 6) is 0.429. The van der Waals surface area contributed by atoms with Crippen LogP contribution in [0.15, 0.2) is 24.7 Å². The van der Waals surface area contributed by atoms with Gasteiger partial charge in [-0.3, -0.25) is 0 Å². The van der Waals surface area contributed by atoms with Crippen LogP contribution in [0.2, 0.25) is 5.02 Å². The molecule has 98 valence electrons. The Balaban J connectivity index is 2.18. The molecule has 0 fully saturated rings. The Morgan fingerprint density at radius 3 is 3.05 bits per heavy atom. The number of nitrogens with one attached hydrogen (secondary N) is 1. The number of aromatic amines is 1. The van der Waals surface area contributed by atoms with Crippen molar-refractivity contribution in [1.82, 2.24) is 19.5 Å². The van der Waals surface area contributed by atoms with Gasteiger partial charge in [0.25, 0.3) is 0 Å². The molecule has 1 unspecified atom stereocenters. The highest BCUT2D eigenvalue weighted by atomic mass is 127. The van der Waals surface area contributed by atoms with Gasteiger partial charge in [-0.05, 0) is 28.1 Å². The number of fused-ring (bicyclic) bond motifs is 1. The largest absolute Gasteiger partial charge is 0.480 e. The van der Waals surface area contributed by atoms with Gasteiger partial charge in [0.1, 0.15) is 5.02 Å². The summed E-state index contributed by atoms with van der Waals surface area (Å²) in [7, 11) is 1.56. The minimum absolute atomic E-state index is 0.429. The van der Waals surface area contributed by atoms with Crippen LogP contribution in [0.25, 0.3) is 22.2 Å². The Morgan fingerprint density at radius 2 is 2.37 bits per heavy atom. The van der Waals surface area contributed by atoms with Crippen molar-refractivity contribution in [1.29, 1.82) is 0 Å². The molecule has 1 atom stereocenters. The fraction of sp³-hybridized carbons (Fsp3) is 0.0909. The summed E-state index contributed by atoms with van der Waals surface area (Å²) < 4.78 is 7.05. The quantitative estimate of drug-likeness (QED) is 0.530. The number of hydrogen-bond acceptors (Lipinski definition) is 3. The first-order chi connectivity index (χ1) is 9.22. The van der Waals surface area contributed by atoms with Crippen molar-refractivity contribution in [3.05, 3.63) is 29.7 Å². The van der Waals surface area contributed by atoms with Crippen molar-refractivity contribution < 1.29 is 4.74 Å². The first-order valence-electron chi connectivity index (χ1n) is 5.36. The van der Waals surface area contributed by atoms with Crippen molar-refractivity contribution in [2.45, 2.75) is 0 Å². The van der Waals surface area contributed by atoms with E-state index in [-0.39, 0.29) is 0 Å². The van der Waals surface area contributed by atoms with E-state index >= 15 is 0 Å². The average Bonchev–Trinajstić information content (AvgIpc) is 3.03. The number of pyridine rings is 1. The van der Waals surface area contributed by atoms with Gasteiger partial charge in [0.2, 0.25) is 5.88 Å². The van der Waals surface area contributed by atoms with Gasteiger partial charge in [-0.15, -0.1) is 0 Å². The molecule has 0 aromatic carbocycles. The van der Waals surface area contributed by atoms with Gasteiger partial charge >= 0.3 is 0 Å². The smallest absolute Gasteiger partial charge is 0.233 e. The summed E-state index contributed by atoms with van der Waals surface area (Å²) in [6, 6.07) is 1.82. The number of methoxy groups -OCH3 is 1. The highest BCUT2D eigenvalue weighted by Crippen LogP contribution is 2.33. The van der Waals surface area contributed by atoms with E-state index in [0.29, 0.717) is 17.3 Å². The van der Waals surface area contributed by atoms with E-state index in [2.05, 4.69) is 37.1 Å². The predicted octanol–water partition coefficient (Wildman–Crippen LogP) is 3.88. The van der Waals surface area contributed by atoms with Gasteiger partial charge in [0.15, 0.2) is 0 Å². The Bertz CT molecular complexity index is 741. The van der Waals surface area contributed by atoms with Crippen molar-refractivity contribution in [3.8, 4) is 17.0 Å². The maximum absolute atomic E-state index is 6.06. The Hall–Kier alpha value is -0.850. The Kier molecular flexibility index (Phi) is 3.64. The van der Waals surface area contributed by atoms with E-state index in [0.717, 1.165) is 22.2 Å². The van der Waals surface area contributed by atoms with Crippen LogP contribution in [0, 0.1) is 0 Å². The number of H-pyrrole nitrogens is 1. The molecule has 1 N–H and O–H groups in total. The second-order valence-electron chi connectivity index (χ2n) is 3.84. The standard InChI is InChI=1S/C11H9ClIN4OP/c1-18-11-8(12)2-9-10(16-11)7(4-14-9)6-3-15-17(5-6)19-13/h2-5,14,19H,1H3. The fourth-order valence-corrected chi connectivity index (χ4v) is 3.19. The van der Waals surface area contributed by atoms with Crippen LogP contribution >= 0.6 is 40.0 Å². The third kappa shape index (κ3) is 2.32. The summed E-state index contributed by atoms with van der Waals surface area (Å²) >= 11 is 8.35. The molecule has 19 heavy (non-hydrogen) atoms. The molecule has 0 amide bonds. The maximum atomic E-state index is 6.06. The van der Waals surface area contributed by atoms with E-state index in [1.54, 1.807) is 7.11 Å². The first kappa shape index (κ1) is 13.1. The molecule has 0 bridgehead atoms. The molecular formula is C11H9ClIN4OP. The van der Waals surface area contributed by atoms with Crippen LogP contribution in [0.5, 0.6) is 5.88 Å². The molecule has 3 heterocycles. The van der Waals surface area contributed by atoms with Crippen molar-refractivity contribution in [3.63, 3.8) is 0 Å². The minimum Gasteiger partial charge on any atom is -0.480 e. The number of aromatic nitrogens is 4. The zero-order chi connectivity index (χ0) is 13.4. The molecule has 3 rings (SSSR count).